The normalized spacial score (nSPS) is 13.2. The molecule has 21 heavy (non-hydrogen) atoms. The van der Waals surface area contributed by atoms with E-state index in [0.29, 0.717) is 0 Å². The van der Waals surface area contributed by atoms with Crippen LogP contribution in [0.4, 0.5) is 11.4 Å². The van der Waals surface area contributed by atoms with Crippen molar-refractivity contribution in [2.24, 2.45) is 0 Å². The second-order valence-electron chi connectivity index (χ2n) is 4.94. The van der Waals surface area contributed by atoms with Gasteiger partial charge in [-0.25, -0.2) is 13.1 Å². The zero-order valence-corrected chi connectivity index (χ0v) is 12.8. The predicted octanol–water partition coefficient (Wildman–Crippen LogP) is 1.07. The average molecular weight is 317 g/mol. The van der Waals surface area contributed by atoms with Crippen molar-refractivity contribution in [3.63, 3.8) is 0 Å². The summed E-state index contributed by atoms with van der Waals surface area (Å²) in [6.07, 6.45) is 0. The molecule has 118 valence electrons. The fourth-order valence-electron chi connectivity index (χ4n) is 1.64. The molecular formula is C12H19N3O5S. The van der Waals surface area contributed by atoms with Gasteiger partial charge in [0.05, 0.1) is 16.4 Å². The number of nitro groups is 1. The third-order valence-corrected chi connectivity index (χ3v) is 4.20. The Hall–Kier alpha value is -1.71. The summed E-state index contributed by atoms with van der Waals surface area (Å²) in [5, 5.41) is 22.8. The number of nitrogens with zero attached hydrogens (tertiary/aromatic N) is 1. The summed E-state index contributed by atoms with van der Waals surface area (Å²) in [6, 6.07) is 2.89. The van der Waals surface area contributed by atoms with Gasteiger partial charge in [0.25, 0.3) is 5.69 Å². The number of hydrogen-bond acceptors (Lipinski definition) is 6. The molecule has 3 N–H and O–H groups in total. The van der Waals surface area contributed by atoms with Crippen LogP contribution in [0.1, 0.15) is 20.8 Å². The summed E-state index contributed by atoms with van der Waals surface area (Å²) in [5.41, 5.74) is -0.202. The fourth-order valence-corrected chi connectivity index (χ4v) is 2.91. The molecule has 0 aliphatic carbocycles. The zero-order chi connectivity index (χ0) is 16.2. The lowest BCUT2D eigenvalue weighted by Gasteiger charge is -2.14. The number of benzene rings is 1. The molecule has 0 saturated carbocycles. The average Bonchev–Trinajstić information content (AvgIpc) is 2.36. The van der Waals surface area contributed by atoms with E-state index in [4.69, 9.17) is 5.11 Å². The maximum atomic E-state index is 12.0. The van der Waals surface area contributed by atoms with Crippen molar-refractivity contribution in [1.29, 1.82) is 0 Å². The fraction of sp³-hybridized carbons (Fsp3) is 0.500. The number of aliphatic hydroxyl groups excluding tert-OH is 1. The molecule has 0 fully saturated rings. The van der Waals surface area contributed by atoms with Crippen LogP contribution in [0.5, 0.6) is 0 Å². The molecule has 1 aromatic rings. The molecule has 0 spiro atoms. The Morgan fingerprint density at radius 3 is 2.43 bits per heavy atom. The molecule has 0 unspecified atom stereocenters. The van der Waals surface area contributed by atoms with E-state index < -0.39 is 14.9 Å². The molecule has 1 aromatic carbocycles. The summed E-state index contributed by atoms with van der Waals surface area (Å²) >= 11 is 0. The van der Waals surface area contributed by atoms with E-state index in [-0.39, 0.29) is 35.0 Å². The molecular weight excluding hydrogens is 298 g/mol. The minimum absolute atomic E-state index is 0.157. The smallest absolute Gasteiger partial charge is 0.293 e. The first-order chi connectivity index (χ1) is 9.67. The van der Waals surface area contributed by atoms with Crippen LogP contribution in [-0.2, 0) is 10.0 Å². The van der Waals surface area contributed by atoms with E-state index in [1.165, 1.54) is 12.1 Å². The van der Waals surface area contributed by atoms with Crippen LogP contribution in [0.2, 0.25) is 0 Å². The lowest BCUT2D eigenvalue weighted by molar-refractivity contribution is -0.384. The maximum Gasteiger partial charge on any atom is 0.293 e. The van der Waals surface area contributed by atoms with E-state index >= 15 is 0 Å². The number of sulfonamides is 1. The number of hydrogen-bond donors (Lipinski definition) is 3. The molecule has 0 bridgehead atoms. The van der Waals surface area contributed by atoms with Gasteiger partial charge >= 0.3 is 0 Å². The Labute approximate surface area is 123 Å². The minimum Gasteiger partial charge on any atom is -0.394 e. The number of aliphatic hydroxyl groups is 1. The van der Waals surface area contributed by atoms with Gasteiger partial charge in [0, 0.05) is 18.2 Å². The van der Waals surface area contributed by atoms with Crippen molar-refractivity contribution >= 4 is 21.4 Å². The molecule has 1 rings (SSSR count). The molecule has 1 atom stereocenters. The highest BCUT2D eigenvalue weighted by Gasteiger charge is 2.22. The van der Waals surface area contributed by atoms with Crippen LogP contribution in [0.3, 0.4) is 0 Å². The second-order valence-corrected chi connectivity index (χ2v) is 6.65. The van der Waals surface area contributed by atoms with Gasteiger partial charge in [0.1, 0.15) is 5.69 Å². The summed E-state index contributed by atoms with van der Waals surface area (Å²) in [5.74, 6) is 0. The van der Waals surface area contributed by atoms with Gasteiger partial charge in [-0.2, -0.15) is 0 Å². The van der Waals surface area contributed by atoms with Crippen LogP contribution in [0.25, 0.3) is 0 Å². The maximum absolute atomic E-state index is 12.0. The lowest BCUT2D eigenvalue weighted by Crippen LogP contribution is -2.30. The third-order valence-electron chi connectivity index (χ3n) is 2.54. The molecule has 9 heteroatoms. The Morgan fingerprint density at radius 1 is 1.33 bits per heavy atom. The first-order valence-electron chi connectivity index (χ1n) is 6.35. The molecule has 0 aliphatic rings. The topological polar surface area (TPSA) is 122 Å². The molecule has 0 aliphatic heterocycles. The number of nitro benzene ring substituents is 1. The number of nitrogens with one attached hydrogen (secondary N) is 2. The first-order valence-corrected chi connectivity index (χ1v) is 7.84. The van der Waals surface area contributed by atoms with Crippen LogP contribution in [0, 0.1) is 10.1 Å². The molecule has 0 heterocycles. The van der Waals surface area contributed by atoms with E-state index in [1.807, 2.05) is 0 Å². The van der Waals surface area contributed by atoms with Crippen LogP contribution >= 0.6 is 0 Å². The van der Waals surface area contributed by atoms with Crippen molar-refractivity contribution in [2.75, 3.05) is 11.9 Å². The summed E-state index contributed by atoms with van der Waals surface area (Å²) in [7, 11) is -3.80. The van der Waals surface area contributed by atoms with Crippen molar-refractivity contribution in [3.8, 4) is 0 Å². The van der Waals surface area contributed by atoms with Crippen LogP contribution in [-0.4, -0.2) is 37.1 Å². The van der Waals surface area contributed by atoms with Crippen molar-refractivity contribution in [3.05, 3.63) is 28.3 Å². The third kappa shape index (κ3) is 4.66. The Kier molecular flexibility index (Phi) is 5.64. The highest BCUT2D eigenvalue weighted by atomic mass is 32.2. The Bertz CT molecular complexity index is 615. The van der Waals surface area contributed by atoms with E-state index in [1.54, 1.807) is 20.8 Å². The van der Waals surface area contributed by atoms with Gasteiger partial charge in [-0.1, -0.05) is 0 Å². The Balaban J connectivity index is 3.23. The van der Waals surface area contributed by atoms with E-state index in [9.17, 15) is 18.5 Å². The highest BCUT2D eigenvalue weighted by Crippen LogP contribution is 2.28. The standard InChI is InChI=1S/C12H19N3O5S/c1-8(2)14-21(19,20)10-4-5-11(13-9(3)7-16)12(6-10)15(17)18/h4-6,8-9,13-14,16H,7H2,1-3H3/t9-/m1/s1. The van der Waals surface area contributed by atoms with Gasteiger partial charge in [-0.15, -0.1) is 0 Å². The minimum atomic E-state index is -3.80. The summed E-state index contributed by atoms with van der Waals surface area (Å²) in [4.78, 5) is 10.2. The van der Waals surface area contributed by atoms with Crippen molar-refractivity contribution in [1.82, 2.24) is 4.72 Å². The first kappa shape index (κ1) is 17.3. The zero-order valence-electron chi connectivity index (χ0n) is 12.0. The van der Waals surface area contributed by atoms with Crippen molar-refractivity contribution < 1.29 is 18.4 Å². The van der Waals surface area contributed by atoms with E-state index in [0.717, 1.165) is 6.07 Å². The summed E-state index contributed by atoms with van der Waals surface area (Å²) in [6.45, 7) is 4.76. The van der Waals surface area contributed by atoms with Gasteiger partial charge in [0.15, 0.2) is 0 Å². The van der Waals surface area contributed by atoms with Gasteiger partial charge in [-0.05, 0) is 32.9 Å². The van der Waals surface area contributed by atoms with E-state index in [2.05, 4.69) is 10.0 Å². The Morgan fingerprint density at radius 2 is 1.95 bits per heavy atom. The van der Waals surface area contributed by atoms with Gasteiger partial charge in [0.2, 0.25) is 10.0 Å². The SMILES string of the molecule is CC(C)NS(=O)(=O)c1ccc(N[C@H](C)CO)c([N+](=O)[O-])c1. The van der Waals surface area contributed by atoms with Gasteiger partial charge in [-0.3, -0.25) is 10.1 Å². The number of anilines is 1. The molecule has 0 amide bonds. The number of rotatable bonds is 7. The monoisotopic (exact) mass is 317 g/mol. The molecule has 8 nitrogen and oxygen atoms in total. The second kappa shape index (κ2) is 6.83. The van der Waals surface area contributed by atoms with Crippen molar-refractivity contribution in [2.45, 2.75) is 37.8 Å². The molecule has 0 saturated heterocycles. The lowest BCUT2D eigenvalue weighted by atomic mass is 10.2. The highest BCUT2D eigenvalue weighted by molar-refractivity contribution is 7.89. The predicted molar refractivity (Wildman–Crippen MR) is 78.7 cm³/mol. The quantitative estimate of drug-likeness (QED) is 0.511. The molecule has 0 radical (unpaired) electrons. The van der Waals surface area contributed by atoms with Gasteiger partial charge < -0.3 is 10.4 Å². The summed E-state index contributed by atoms with van der Waals surface area (Å²) < 4.78 is 26.4. The van der Waals surface area contributed by atoms with Crippen LogP contribution < -0.4 is 10.0 Å². The molecule has 0 aromatic heterocycles. The largest absolute Gasteiger partial charge is 0.394 e. The van der Waals surface area contributed by atoms with Crippen LogP contribution in [0.15, 0.2) is 23.1 Å².